The van der Waals surface area contributed by atoms with Crippen LogP contribution in [-0.2, 0) is 6.42 Å². The molecule has 1 aromatic carbocycles. The molecule has 2 aromatic rings. The van der Waals surface area contributed by atoms with E-state index in [4.69, 9.17) is 4.74 Å². The number of allylic oxidation sites excluding steroid dienone is 4. The van der Waals surface area contributed by atoms with Crippen LogP contribution in [-0.4, -0.2) is 30.0 Å². The average Bonchev–Trinajstić information content (AvgIpc) is 3.55. The Morgan fingerprint density at radius 3 is 2.71 bits per heavy atom. The molecule has 0 bridgehead atoms. The summed E-state index contributed by atoms with van der Waals surface area (Å²) in [5, 5.41) is 4.10. The Balaban J connectivity index is 1.95. The minimum Gasteiger partial charge on any atom is -0.494 e. The van der Waals surface area contributed by atoms with Crippen LogP contribution in [0.5, 0.6) is 5.75 Å². The van der Waals surface area contributed by atoms with Crippen molar-refractivity contribution >= 4 is 11.8 Å². The summed E-state index contributed by atoms with van der Waals surface area (Å²) in [5.74, 6) is -1.74. The van der Waals surface area contributed by atoms with Crippen molar-refractivity contribution in [2.45, 2.75) is 43.3 Å². The van der Waals surface area contributed by atoms with Crippen molar-refractivity contribution in [2.24, 2.45) is 0 Å². The van der Waals surface area contributed by atoms with Crippen LogP contribution in [0.1, 0.15) is 30.0 Å². The van der Waals surface area contributed by atoms with E-state index in [1.165, 1.54) is 31.0 Å². The van der Waals surface area contributed by atoms with E-state index in [0.717, 1.165) is 18.9 Å². The number of rotatable bonds is 9. The Hall–Kier alpha value is -2.71. The first-order valence-electron chi connectivity index (χ1n) is 11.1. The van der Waals surface area contributed by atoms with Crippen LogP contribution in [0.15, 0.2) is 64.5 Å². The maximum atomic E-state index is 15.3. The van der Waals surface area contributed by atoms with E-state index in [2.05, 4.69) is 18.5 Å². The van der Waals surface area contributed by atoms with Gasteiger partial charge in [0.25, 0.3) is 5.56 Å². The molecule has 1 aromatic heterocycles. The summed E-state index contributed by atoms with van der Waals surface area (Å²) in [6, 6.07) is 4.90. The van der Waals surface area contributed by atoms with Crippen LogP contribution in [0, 0.1) is 12.7 Å². The summed E-state index contributed by atoms with van der Waals surface area (Å²) < 4.78 is 50.8. The SMILES string of the molecule is C=C/C(F)=C(/Cc1c(C)c(-c2cccc(OC)c2F)c(=O)n2c1SCC2CNC1CC1)C(=C)F. The molecular formula is C26H27F3N2O2S. The average molecular weight is 489 g/mol. The Labute approximate surface area is 201 Å². The summed E-state index contributed by atoms with van der Waals surface area (Å²) in [4.78, 5) is 13.8. The zero-order valence-electron chi connectivity index (χ0n) is 19.2. The third-order valence-corrected chi connectivity index (χ3v) is 7.60. The Kier molecular flexibility index (Phi) is 7.09. The molecule has 8 heteroatoms. The van der Waals surface area contributed by atoms with Gasteiger partial charge in [-0.25, -0.2) is 13.2 Å². The summed E-state index contributed by atoms with van der Waals surface area (Å²) in [5.41, 5.74) is 0.736. The van der Waals surface area contributed by atoms with Gasteiger partial charge in [0.2, 0.25) is 0 Å². The number of ether oxygens (including phenoxy) is 1. The third kappa shape index (κ3) is 4.49. The summed E-state index contributed by atoms with van der Waals surface area (Å²) in [6.07, 6.45) is 3.01. The lowest BCUT2D eigenvalue weighted by Gasteiger charge is -2.21. The largest absolute Gasteiger partial charge is 0.494 e. The molecule has 2 aliphatic rings. The number of hydrogen-bond acceptors (Lipinski definition) is 4. The molecule has 1 N–H and O–H groups in total. The maximum absolute atomic E-state index is 15.3. The van der Waals surface area contributed by atoms with E-state index in [-0.39, 0.29) is 40.5 Å². The van der Waals surface area contributed by atoms with E-state index in [9.17, 15) is 13.6 Å². The molecule has 34 heavy (non-hydrogen) atoms. The predicted octanol–water partition coefficient (Wildman–Crippen LogP) is 5.81. The minimum atomic E-state index is -0.911. The smallest absolute Gasteiger partial charge is 0.260 e. The molecule has 1 unspecified atom stereocenters. The number of benzene rings is 1. The molecule has 2 heterocycles. The van der Waals surface area contributed by atoms with Crippen molar-refractivity contribution in [2.75, 3.05) is 19.4 Å². The second-order valence-corrected chi connectivity index (χ2v) is 9.55. The molecular weight excluding hydrogens is 461 g/mol. The lowest BCUT2D eigenvalue weighted by atomic mass is 9.93. The number of hydrogen-bond donors (Lipinski definition) is 1. The Morgan fingerprint density at radius 2 is 2.09 bits per heavy atom. The van der Waals surface area contributed by atoms with Crippen molar-refractivity contribution < 1.29 is 17.9 Å². The van der Waals surface area contributed by atoms with Crippen LogP contribution < -0.4 is 15.6 Å². The van der Waals surface area contributed by atoms with Crippen LogP contribution in [0.3, 0.4) is 0 Å². The van der Waals surface area contributed by atoms with Crippen molar-refractivity contribution in [3.05, 3.63) is 82.0 Å². The second kappa shape index (κ2) is 9.88. The highest BCUT2D eigenvalue weighted by Crippen LogP contribution is 2.41. The van der Waals surface area contributed by atoms with Crippen molar-refractivity contribution in [3.63, 3.8) is 0 Å². The fourth-order valence-corrected chi connectivity index (χ4v) is 5.69. The van der Waals surface area contributed by atoms with Gasteiger partial charge in [-0.2, -0.15) is 0 Å². The number of pyridine rings is 1. The van der Waals surface area contributed by atoms with Crippen molar-refractivity contribution in [1.29, 1.82) is 0 Å². The topological polar surface area (TPSA) is 43.3 Å². The van der Waals surface area contributed by atoms with E-state index in [0.29, 0.717) is 34.5 Å². The van der Waals surface area contributed by atoms with Crippen LogP contribution >= 0.6 is 11.8 Å². The Bertz CT molecular complexity index is 1250. The van der Waals surface area contributed by atoms with Crippen LogP contribution in [0.2, 0.25) is 0 Å². The predicted molar refractivity (Wildman–Crippen MR) is 130 cm³/mol. The standard InChI is InChI=1S/C26H27F3N2O2S/c1-5-21(28)20(15(3)27)11-19-14(2)23(18-7-6-8-22(33-4)24(18)29)25(32)31-17(13-34-26(19)31)12-30-16-9-10-16/h5-8,16-17,30H,1,3,9-13H2,2,4H3/b21-20+. The molecule has 0 radical (unpaired) electrons. The van der Waals surface area contributed by atoms with E-state index >= 15 is 4.39 Å². The highest BCUT2D eigenvalue weighted by Gasteiger charge is 2.33. The van der Waals surface area contributed by atoms with Gasteiger partial charge < -0.3 is 10.1 Å². The number of methoxy groups -OCH3 is 1. The molecule has 1 saturated carbocycles. The quantitative estimate of drug-likeness (QED) is 0.453. The van der Waals surface area contributed by atoms with Crippen molar-refractivity contribution in [3.8, 4) is 16.9 Å². The number of halogens is 3. The molecule has 0 amide bonds. The van der Waals surface area contributed by atoms with Gasteiger partial charge in [-0.15, -0.1) is 11.8 Å². The molecule has 0 spiro atoms. The lowest BCUT2D eigenvalue weighted by Crippen LogP contribution is -2.34. The van der Waals surface area contributed by atoms with E-state index < -0.39 is 17.5 Å². The number of nitrogens with one attached hydrogen (secondary N) is 1. The molecule has 1 atom stereocenters. The first-order valence-corrected chi connectivity index (χ1v) is 12.1. The van der Waals surface area contributed by atoms with Crippen molar-refractivity contribution in [1.82, 2.24) is 9.88 Å². The summed E-state index contributed by atoms with van der Waals surface area (Å²) in [6.45, 7) is 8.95. The van der Waals surface area contributed by atoms with Crippen LogP contribution in [0.4, 0.5) is 13.2 Å². The van der Waals surface area contributed by atoms with Gasteiger partial charge >= 0.3 is 0 Å². The molecule has 0 saturated heterocycles. The molecule has 4 nitrogen and oxygen atoms in total. The van der Waals surface area contributed by atoms with Gasteiger partial charge in [-0.3, -0.25) is 9.36 Å². The maximum Gasteiger partial charge on any atom is 0.260 e. The molecule has 1 fully saturated rings. The summed E-state index contributed by atoms with van der Waals surface area (Å²) in [7, 11) is 1.36. The summed E-state index contributed by atoms with van der Waals surface area (Å²) >= 11 is 1.47. The van der Waals surface area contributed by atoms with Crippen LogP contribution in [0.25, 0.3) is 11.1 Å². The normalized spacial score (nSPS) is 17.9. The third-order valence-electron chi connectivity index (χ3n) is 6.34. The van der Waals surface area contributed by atoms with Gasteiger partial charge in [-0.05, 0) is 43.0 Å². The van der Waals surface area contributed by atoms with Gasteiger partial charge in [0.1, 0.15) is 11.7 Å². The number of nitrogens with zero attached hydrogens (tertiary/aromatic N) is 1. The van der Waals surface area contributed by atoms with Gasteiger partial charge in [0, 0.05) is 35.9 Å². The Morgan fingerprint density at radius 1 is 1.35 bits per heavy atom. The minimum absolute atomic E-state index is 0.0140. The number of aromatic nitrogens is 1. The van der Waals surface area contributed by atoms with Gasteiger partial charge in [-0.1, -0.05) is 25.3 Å². The fourth-order valence-electron chi connectivity index (χ4n) is 4.30. The first-order chi connectivity index (χ1) is 16.3. The molecule has 1 aliphatic heterocycles. The number of thioether (sulfide) groups is 1. The second-order valence-electron chi connectivity index (χ2n) is 8.54. The van der Waals surface area contributed by atoms with E-state index in [1.807, 2.05) is 0 Å². The highest BCUT2D eigenvalue weighted by molar-refractivity contribution is 7.99. The lowest BCUT2D eigenvalue weighted by molar-refractivity contribution is 0.387. The van der Waals surface area contributed by atoms with Gasteiger partial charge in [0.05, 0.1) is 23.7 Å². The van der Waals surface area contributed by atoms with E-state index in [1.54, 1.807) is 17.6 Å². The fraction of sp³-hybridized carbons (Fsp3) is 0.346. The van der Waals surface area contributed by atoms with Gasteiger partial charge in [0.15, 0.2) is 11.6 Å². The molecule has 1 aliphatic carbocycles. The molecule has 180 valence electrons. The highest BCUT2D eigenvalue weighted by atomic mass is 32.2. The zero-order chi connectivity index (χ0) is 24.6. The first kappa shape index (κ1) is 24.4. The molecule has 4 rings (SSSR count). The zero-order valence-corrected chi connectivity index (χ0v) is 20.0. The number of fused-ring (bicyclic) bond motifs is 1. The monoisotopic (exact) mass is 488 g/mol.